The van der Waals surface area contributed by atoms with Crippen molar-refractivity contribution in [3.05, 3.63) is 51.0 Å². The number of nitrogens with zero attached hydrogens (tertiary/aromatic N) is 1. The van der Waals surface area contributed by atoms with Crippen molar-refractivity contribution in [1.82, 2.24) is 5.43 Å². The molecular formula is C15H15IN2O3. The molecule has 1 N–H and O–H groups in total. The van der Waals surface area contributed by atoms with E-state index in [1.165, 1.54) is 6.21 Å². The summed E-state index contributed by atoms with van der Waals surface area (Å²) in [6, 6.07) is 9.39. The van der Waals surface area contributed by atoms with Crippen molar-refractivity contribution in [3.8, 4) is 5.75 Å². The molecule has 21 heavy (non-hydrogen) atoms. The molecule has 0 bridgehead atoms. The van der Waals surface area contributed by atoms with Crippen LogP contribution in [0.3, 0.4) is 0 Å². The van der Waals surface area contributed by atoms with E-state index in [4.69, 9.17) is 9.15 Å². The Morgan fingerprint density at radius 1 is 1.33 bits per heavy atom. The van der Waals surface area contributed by atoms with Crippen LogP contribution in [-0.2, 0) is 4.79 Å². The van der Waals surface area contributed by atoms with Crippen molar-refractivity contribution < 1.29 is 13.9 Å². The first-order valence-corrected chi connectivity index (χ1v) is 7.39. The zero-order chi connectivity index (χ0) is 15.2. The van der Waals surface area contributed by atoms with Crippen molar-refractivity contribution in [2.45, 2.75) is 13.8 Å². The van der Waals surface area contributed by atoms with Crippen molar-refractivity contribution in [2.75, 3.05) is 6.61 Å². The van der Waals surface area contributed by atoms with E-state index in [1.807, 2.05) is 38.1 Å². The fourth-order valence-electron chi connectivity index (χ4n) is 1.76. The van der Waals surface area contributed by atoms with Gasteiger partial charge in [0.1, 0.15) is 11.5 Å². The van der Waals surface area contributed by atoms with Gasteiger partial charge in [-0.2, -0.15) is 5.10 Å². The molecule has 1 aromatic heterocycles. The SMILES string of the molecule is Cc1cc(C)cc(OCC(=O)N/N=C\c2ccc(I)o2)c1. The molecule has 2 rings (SSSR count). The van der Waals surface area contributed by atoms with E-state index in [-0.39, 0.29) is 12.5 Å². The molecule has 0 radical (unpaired) electrons. The molecule has 0 spiro atoms. The van der Waals surface area contributed by atoms with Crippen LogP contribution in [0, 0.1) is 17.6 Å². The zero-order valence-electron chi connectivity index (χ0n) is 11.7. The number of hydrogen-bond donors (Lipinski definition) is 1. The van der Waals surface area contributed by atoms with Crippen LogP contribution >= 0.6 is 22.6 Å². The maximum Gasteiger partial charge on any atom is 0.277 e. The lowest BCUT2D eigenvalue weighted by molar-refractivity contribution is -0.123. The van der Waals surface area contributed by atoms with Gasteiger partial charge in [-0.3, -0.25) is 4.79 Å². The third-order valence-electron chi connectivity index (χ3n) is 2.54. The van der Waals surface area contributed by atoms with Crippen molar-refractivity contribution >= 4 is 34.7 Å². The molecule has 110 valence electrons. The Balaban J connectivity index is 1.80. The summed E-state index contributed by atoms with van der Waals surface area (Å²) in [6.45, 7) is 3.87. The topological polar surface area (TPSA) is 63.8 Å². The molecular weight excluding hydrogens is 383 g/mol. The lowest BCUT2D eigenvalue weighted by Gasteiger charge is -2.07. The Morgan fingerprint density at radius 3 is 2.67 bits per heavy atom. The molecule has 0 fully saturated rings. The molecule has 0 saturated carbocycles. The number of carbonyl (C=O) groups is 1. The molecule has 6 heteroatoms. The first kappa shape index (κ1) is 15.6. The number of hydrazone groups is 1. The van der Waals surface area contributed by atoms with Gasteiger partial charge in [-0.05, 0) is 71.8 Å². The Hall–Kier alpha value is -1.83. The minimum Gasteiger partial charge on any atom is -0.484 e. The van der Waals surface area contributed by atoms with Gasteiger partial charge in [-0.25, -0.2) is 5.43 Å². The summed E-state index contributed by atoms with van der Waals surface area (Å²) >= 11 is 2.06. The van der Waals surface area contributed by atoms with Crippen LogP contribution in [0.1, 0.15) is 16.9 Å². The molecule has 1 amide bonds. The van der Waals surface area contributed by atoms with Crippen molar-refractivity contribution in [1.29, 1.82) is 0 Å². The van der Waals surface area contributed by atoms with Crippen LogP contribution in [0.2, 0.25) is 0 Å². The number of rotatable bonds is 5. The number of furan rings is 1. The highest BCUT2D eigenvalue weighted by Crippen LogP contribution is 2.15. The minimum absolute atomic E-state index is 0.0874. The number of benzene rings is 1. The maximum atomic E-state index is 11.6. The van der Waals surface area contributed by atoms with Crippen LogP contribution < -0.4 is 10.2 Å². The Kier molecular flexibility index (Phi) is 5.38. The number of ether oxygens (including phenoxy) is 1. The third kappa shape index (κ3) is 5.22. The van der Waals surface area contributed by atoms with E-state index in [0.717, 1.165) is 14.9 Å². The smallest absolute Gasteiger partial charge is 0.277 e. The second-order valence-corrected chi connectivity index (χ2v) is 5.61. The number of carbonyl (C=O) groups excluding carboxylic acids is 1. The summed E-state index contributed by atoms with van der Waals surface area (Å²) in [6.07, 6.45) is 1.44. The summed E-state index contributed by atoms with van der Waals surface area (Å²) in [4.78, 5) is 11.6. The Morgan fingerprint density at radius 2 is 2.05 bits per heavy atom. The van der Waals surface area contributed by atoms with E-state index in [9.17, 15) is 4.79 Å². The highest BCUT2D eigenvalue weighted by atomic mass is 127. The fraction of sp³-hybridized carbons (Fsp3) is 0.200. The van der Waals surface area contributed by atoms with Crippen LogP contribution in [0.5, 0.6) is 5.75 Å². The number of hydrogen-bond acceptors (Lipinski definition) is 4. The van der Waals surface area contributed by atoms with E-state index in [2.05, 4.69) is 33.1 Å². The molecule has 0 saturated heterocycles. The highest BCUT2D eigenvalue weighted by Gasteiger charge is 2.03. The van der Waals surface area contributed by atoms with Gasteiger partial charge >= 0.3 is 0 Å². The quantitative estimate of drug-likeness (QED) is 0.479. The van der Waals surface area contributed by atoms with Crippen molar-refractivity contribution in [2.24, 2.45) is 5.10 Å². The molecule has 0 aliphatic rings. The van der Waals surface area contributed by atoms with E-state index >= 15 is 0 Å². The van der Waals surface area contributed by atoms with E-state index in [1.54, 1.807) is 6.07 Å². The number of amides is 1. The van der Waals surface area contributed by atoms with Gasteiger partial charge in [0.2, 0.25) is 0 Å². The van der Waals surface area contributed by atoms with E-state index in [0.29, 0.717) is 11.5 Å². The van der Waals surface area contributed by atoms with Gasteiger partial charge in [-0.15, -0.1) is 0 Å². The van der Waals surface area contributed by atoms with Crippen LogP contribution in [-0.4, -0.2) is 18.7 Å². The second-order valence-electron chi connectivity index (χ2n) is 4.55. The molecule has 2 aromatic rings. The number of halogens is 1. The first-order chi connectivity index (χ1) is 10.0. The minimum atomic E-state index is -0.327. The highest BCUT2D eigenvalue weighted by molar-refractivity contribution is 14.1. The largest absolute Gasteiger partial charge is 0.484 e. The van der Waals surface area contributed by atoms with Gasteiger partial charge in [0, 0.05) is 0 Å². The summed E-state index contributed by atoms with van der Waals surface area (Å²) in [5.41, 5.74) is 4.57. The molecule has 1 heterocycles. The summed E-state index contributed by atoms with van der Waals surface area (Å²) in [5.74, 6) is 0.925. The average Bonchev–Trinajstić information content (AvgIpc) is 2.81. The maximum absolute atomic E-state index is 11.6. The molecule has 0 atom stereocenters. The zero-order valence-corrected chi connectivity index (χ0v) is 13.9. The van der Waals surface area contributed by atoms with Gasteiger partial charge in [0.15, 0.2) is 10.4 Å². The first-order valence-electron chi connectivity index (χ1n) is 6.31. The Labute approximate surface area is 136 Å². The normalized spacial score (nSPS) is 10.8. The second kappa shape index (κ2) is 7.26. The summed E-state index contributed by atoms with van der Waals surface area (Å²) in [7, 11) is 0. The average molecular weight is 398 g/mol. The van der Waals surface area contributed by atoms with Gasteiger partial charge in [0.05, 0.1) is 6.21 Å². The van der Waals surface area contributed by atoms with Crippen LogP contribution in [0.15, 0.2) is 39.9 Å². The fourth-order valence-corrected chi connectivity index (χ4v) is 2.20. The van der Waals surface area contributed by atoms with Gasteiger partial charge < -0.3 is 9.15 Å². The predicted molar refractivity (Wildman–Crippen MR) is 88.6 cm³/mol. The van der Waals surface area contributed by atoms with Gasteiger partial charge in [0.25, 0.3) is 5.91 Å². The van der Waals surface area contributed by atoms with Crippen LogP contribution in [0.4, 0.5) is 0 Å². The molecule has 0 aliphatic carbocycles. The number of nitrogens with one attached hydrogen (secondary N) is 1. The molecule has 1 aromatic carbocycles. The van der Waals surface area contributed by atoms with E-state index < -0.39 is 0 Å². The monoisotopic (exact) mass is 398 g/mol. The molecule has 0 unspecified atom stereocenters. The lowest BCUT2D eigenvalue weighted by Crippen LogP contribution is -2.24. The lowest BCUT2D eigenvalue weighted by atomic mass is 10.1. The third-order valence-corrected chi connectivity index (χ3v) is 3.12. The summed E-state index contributed by atoms with van der Waals surface area (Å²) in [5, 5.41) is 3.80. The predicted octanol–water partition coefficient (Wildman–Crippen LogP) is 3.03. The Bertz CT molecular complexity index is 644. The van der Waals surface area contributed by atoms with Crippen LogP contribution in [0.25, 0.3) is 0 Å². The van der Waals surface area contributed by atoms with Crippen molar-refractivity contribution in [3.63, 3.8) is 0 Å². The summed E-state index contributed by atoms with van der Waals surface area (Å²) < 4.78 is 11.5. The molecule has 5 nitrogen and oxygen atoms in total. The van der Waals surface area contributed by atoms with Gasteiger partial charge in [-0.1, -0.05) is 6.07 Å². The molecule has 0 aliphatic heterocycles. The standard InChI is InChI=1S/C15H15IN2O3/c1-10-5-11(2)7-13(6-10)20-9-15(19)18-17-8-12-3-4-14(16)21-12/h3-8H,9H2,1-2H3,(H,18,19)/b17-8-. The number of aryl methyl sites for hydroxylation is 2.